The van der Waals surface area contributed by atoms with Crippen molar-refractivity contribution in [3.05, 3.63) is 23.8 Å². The quantitative estimate of drug-likeness (QED) is 0.666. The fourth-order valence-corrected chi connectivity index (χ4v) is 2.77. The van der Waals surface area contributed by atoms with Crippen LogP contribution in [0.5, 0.6) is 11.5 Å². The van der Waals surface area contributed by atoms with Crippen LogP contribution in [0.4, 0.5) is 0 Å². The number of hydrogen-bond acceptors (Lipinski definition) is 5. The van der Waals surface area contributed by atoms with Crippen molar-refractivity contribution < 1.29 is 14.2 Å². The first-order valence-electron chi connectivity index (χ1n) is 9.12. The van der Waals surface area contributed by atoms with E-state index in [0.717, 1.165) is 63.9 Å². The lowest BCUT2D eigenvalue weighted by molar-refractivity contribution is 0.0374. The highest BCUT2D eigenvalue weighted by atomic mass is 16.5. The van der Waals surface area contributed by atoms with Crippen LogP contribution in [-0.2, 0) is 11.3 Å². The van der Waals surface area contributed by atoms with Crippen LogP contribution < -0.4 is 14.8 Å². The second kappa shape index (κ2) is 10.5. The van der Waals surface area contributed by atoms with Gasteiger partial charge in [0.2, 0.25) is 0 Å². The molecule has 1 aromatic carbocycles. The average molecular weight is 336 g/mol. The second-order valence-corrected chi connectivity index (χ2v) is 6.37. The molecule has 0 aromatic heterocycles. The van der Waals surface area contributed by atoms with E-state index in [1.807, 2.05) is 26.8 Å². The molecular formula is C19H32N2O3. The van der Waals surface area contributed by atoms with E-state index in [2.05, 4.69) is 22.3 Å². The molecule has 136 valence electrons. The molecule has 1 aliphatic heterocycles. The van der Waals surface area contributed by atoms with E-state index >= 15 is 0 Å². The maximum Gasteiger partial charge on any atom is 0.161 e. The van der Waals surface area contributed by atoms with Crippen LogP contribution in [0.3, 0.4) is 0 Å². The van der Waals surface area contributed by atoms with Crippen LogP contribution in [0, 0.1) is 0 Å². The first kappa shape index (κ1) is 19.0. The topological polar surface area (TPSA) is 43.0 Å². The third kappa shape index (κ3) is 6.67. The minimum atomic E-state index is 0.147. The molecule has 2 rings (SSSR count). The molecule has 1 aliphatic rings. The van der Waals surface area contributed by atoms with Crippen molar-refractivity contribution in [2.45, 2.75) is 39.8 Å². The minimum absolute atomic E-state index is 0.147. The fourth-order valence-electron chi connectivity index (χ4n) is 2.77. The Bertz CT molecular complexity index is 474. The summed E-state index contributed by atoms with van der Waals surface area (Å²) in [6.45, 7) is 13.6. The Morgan fingerprint density at radius 3 is 2.71 bits per heavy atom. The summed E-state index contributed by atoms with van der Waals surface area (Å²) in [5, 5.41) is 3.52. The van der Waals surface area contributed by atoms with Crippen LogP contribution in [0.2, 0.25) is 0 Å². The van der Waals surface area contributed by atoms with Gasteiger partial charge in [-0.3, -0.25) is 4.90 Å². The van der Waals surface area contributed by atoms with Gasteiger partial charge in [0, 0.05) is 19.6 Å². The molecule has 0 unspecified atom stereocenters. The van der Waals surface area contributed by atoms with Crippen molar-refractivity contribution >= 4 is 0 Å². The van der Waals surface area contributed by atoms with Crippen LogP contribution in [0.1, 0.15) is 32.8 Å². The number of hydrogen-bond donors (Lipinski definition) is 1. The van der Waals surface area contributed by atoms with E-state index in [-0.39, 0.29) is 6.10 Å². The molecule has 0 radical (unpaired) electrons. The van der Waals surface area contributed by atoms with Crippen molar-refractivity contribution in [1.82, 2.24) is 10.2 Å². The molecule has 0 amide bonds. The molecule has 1 heterocycles. The average Bonchev–Trinajstić information content (AvgIpc) is 2.57. The van der Waals surface area contributed by atoms with Crippen LogP contribution in [0.25, 0.3) is 0 Å². The van der Waals surface area contributed by atoms with Gasteiger partial charge in [-0.1, -0.05) is 6.07 Å². The van der Waals surface area contributed by atoms with Crippen LogP contribution in [0.15, 0.2) is 18.2 Å². The van der Waals surface area contributed by atoms with Gasteiger partial charge in [-0.05, 0) is 58.0 Å². The van der Waals surface area contributed by atoms with Crippen molar-refractivity contribution in [3.8, 4) is 11.5 Å². The lowest BCUT2D eigenvalue weighted by Gasteiger charge is -2.26. The maximum atomic E-state index is 5.80. The van der Waals surface area contributed by atoms with E-state index < -0.39 is 0 Å². The number of morpholine rings is 1. The van der Waals surface area contributed by atoms with Gasteiger partial charge < -0.3 is 19.5 Å². The first-order chi connectivity index (χ1) is 11.7. The standard InChI is InChI=1S/C19H32N2O3/c1-4-23-19-14-17(6-7-18(19)24-16(2)3)15-20-8-5-9-21-10-12-22-13-11-21/h6-7,14,16,20H,4-5,8-13,15H2,1-3H3. The molecule has 5 nitrogen and oxygen atoms in total. The Kier molecular flexibility index (Phi) is 8.36. The zero-order valence-electron chi connectivity index (χ0n) is 15.3. The fraction of sp³-hybridized carbons (Fsp3) is 0.684. The van der Waals surface area contributed by atoms with Gasteiger partial charge in [-0.25, -0.2) is 0 Å². The van der Waals surface area contributed by atoms with E-state index in [1.165, 1.54) is 5.56 Å². The van der Waals surface area contributed by atoms with Crippen LogP contribution in [-0.4, -0.2) is 57.0 Å². The van der Waals surface area contributed by atoms with Crippen LogP contribution >= 0.6 is 0 Å². The first-order valence-corrected chi connectivity index (χ1v) is 9.12. The Morgan fingerprint density at radius 2 is 2.00 bits per heavy atom. The Morgan fingerprint density at radius 1 is 1.21 bits per heavy atom. The number of benzene rings is 1. The van der Waals surface area contributed by atoms with Gasteiger partial charge in [0.25, 0.3) is 0 Å². The zero-order chi connectivity index (χ0) is 17.2. The molecule has 0 aliphatic carbocycles. The van der Waals surface area contributed by atoms with Gasteiger partial charge in [0.1, 0.15) is 0 Å². The van der Waals surface area contributed by atoms with Crippen molar-refractivity contribution in [2.24, 2.45) is 0 Å². The van der Waals surface area contributed by atoms with Gasteiger partial charge >= 0.3 is 0 Å². The molecule has 0 atom stereocenters. The third-order valence-corrected chi connectivity index (χ3v) is 3.93. The minimum Gasteiger partial charge on any atom is -0.490 e. The summed E-state index contributed by atoms with van der Waals surface area (Å²) in [5.74, 6) is 1.65. The van der Waals surface area contributed by atoms with Crippen molar-refractivity contribution in [1.29, 1.82) is 0 Å². The summed E-state index contributed by atoms with van der Waals surface area (Å²) < 4.78 is 16.9. The summed E-state index contributed by atoms with van der Waals surface area (Å²) in [6, 6.07) is 6.20. The number of nitrogens with one attached hydrogen (secondary N) is 1. The Hall–Kier alpha value is -1.30. The zero-order valence-corrected chi connectivity index (χ0v) is 15.3. The number of rotatable bonds is 10. The molecule has 1 N–H and O–H groups in total. The largest absolute Gasteiger partial charge is 0.490 e. The monoisotopic (exact) mass is 336 g/mol. The van der Waals surface area contributed by atoms with Gasteiger partial charge in [-0.2, -0.15) is 0 Å². The Balaban J connectivity index is 1.74. The smallest absolute Gasteiger partial charge is 0.161 e. The van der Waals surface area contributed by atoms with Gasteiger partial charge in [0.05, 0.1) is 25.9 Å². The Labute approximate surface area is 146 Å². The van der Waals surface area contributed by atoms with E-state index in [4.69, 9.17) is 14.2 Å². The molecule has 5 heteroatoms. The van der Waals surface area contributed by atoms with E-state index in [1.54, 1.807) is 0 Å². The molecule has 1 aromatic rings. The molecular weight excluding hydrogens is 304 g/mol. The molecule has 0 saturated carbocycles. The summed E-state index contributed by atoms with van der Waals surface area (Å²) in [5.41, 5.74) is 1.22. The maximum absolute atomic E-state index is 5.80. The highest BCUT2D eigenvalue weighted by Gasteiger charge is 2.10. The summed E-state index contributed by atoms with van der Waals surface area (Å²) in [4.78, 5) is 2.47. The highest BCUT2D eigenvalue weighted by Crippen LogP contribution is 2.29. The van der Waals surface area contributed by atoms with Crippen molar-refractivity contribution in [3.63, 3.8) is 0 Å². The SMILES string of the molecule is CCOc1cc(CNCCCN2CCOCC2)ccc1OC(C)C. The molecule has 0 spiro atoms. The van der Waals surface area contributed by atoms with E-state index in [9.17, 15) is 0 Å². The molecule has 0 bridgehead atoms. The molecule has 1 saturated heterocycles. The molecule has 24 heavy (non-hydrogen) atoms. The van der Waals surface area contributed by atoms with Gasteiger partial charge in [-0.15, -0.1) is 0 Å². The lowest BCUT2D eigenvalue weighted by atomic mass is 10.2. The lowest BCUT2D eigenvalue weighted by Crippen LogP contribution is -2.37. The summed E-state index contributed by atoms with van der Waals surface area (Å²) >= 11 is 0. The number of nitrogens with zero attached hydrogens (tertiary/aromatic N) is 1. The van der Waals surface area contributed by atoms with Crippen molar-refractivity contribution in [2.75, 3.05) is 46.0 Å². The second-order valence-electron chi connectivity index (χ2n) is 6.37. The summed E-state index contributed by atoms with van der Waals surface area (Å²) in [6.07, 6.45) is 1.31. The van der Waals surface area contributed by atoms with E-state index in [0.29, 0.717) is 6.61 Å². The normalized spacial score (nSPS) is 15.7. The predicted octanol–water partition coefficient (Wildman–Crippen LogP) is 2.68. The third-order valence-electron chi connectivity index (χ3n) is 3.93. The summed E-state index contributed by atoms with van der Waals surface area (Å²) in [7, 11) is 0. The van der Waals surface area contributed by atoms with Gasteiger partial charge in [0.15, 0.2) is 11.5 Å². The molecule has 1 fully saturated rings. The predicted molar refractivity (Wildman–Crippen MR) is 97.0 cm³/mol. The number of ether oxygens (including phenoxy) is 3. The highest BCUT2D eigenvalue weighted by molar-refractivity contribution is 5.43.